The lowest BCUT2D eigenvalue weighted by Gasteiger charge is -2.41. The van der Waals surface area contributed by atoms with Crippen molar-refractivity contribution in [2.45, 2.75) is 56.1 Å². The van der Waals surface area contributed by atoms with Gasteiger partial charge in [0.05, 0.1) is 13.0 Å². The first-order chi connectivity index (χ1) is 8.59. The smallest absolute Gasteiger partial charge is 0.306 e. The normalized spacial score (nSPS) is 17.1. The van der Waals surface area contributed by atoms with Gasteiger partial charge in [0.1, 0.15) is 0 Å². The number of carbonyl (C=O) groups excluding carboxylic acids is 1. The van der Waals surface area contributed by atoms with E-state index in [-0.39, 0.29) is 24.7 Å². The molecule has 0 N–H and O–H groups in total. The molecule has 0 bridgehead atoms. The van der Waals surface area contributed by atoms with Crippen LogP contribution >= 0.6 is 46.4 Å². The molecule has 0 aliphatic heterocycles. The fourth-order valence-corrected chi connectivity index (χ4v) is 3.73. The third-order valence-electron chi connectivity index (χ3n) is 3.62. The summed E-state index contributed by atoms with van der Waals surface area (Å²) in [5, 5.41) is -0.408. The van der Waals surface area contributed by atoms with E-state index in [9.17, 15) is 4.79 Å². The van der Waals surface area contributed by atoms with E-state index in [1.165, 1.54) is 0 Å². The van der Waals surface area contributed by atoms with E-state index in [4.69, 9.17) is 51.1 Å². The molecule has 0 aliphatic rings. The van der Waals surface area contributed by atoms with Crippen LogP contribution in [0.15, 0.2) is 0 Å². The fraction of sp³-hybridized carbons (Fsp3) is 0.923. The number of alkyl halides is 4. The van der Waals surface area contributed by atoms with Crippen LogP contribution in [0, 0.1) is 11.3 Å². The molecule has 2 atom stereocenters. The molecular weight excluding hydrogens is 330 g/mol. The highest BCUT2D eigenvalue weighted by atomic mass is 35.6. The Morgan fingerprint density at radius 3 is 2.05 bits per heavy atom. The fourth-order valence-electron chi connectivity index (χ4n) is 2.32. The quantitative estimate of drug-likeness (QED) is 0.455. The van der Waals surface area contributed by atoms with E-state index in [1.54, 1.807) is 6.92 Å². The molecule has 2 unspecified atom stereocenters. The Labute approximate surface area is 136 Å². The molecule has 19 heavy (non-hydrogen) atoms. The van der Waals surface area contributed by atoms with Crippen molar-refractivity contribution in [1.29, 1.82) is 0 Å². The average Bonchev–Trinajstić information content (AvgIpc) is 2.23. The molecule has 0 saturated heterocycles. The third kappa shape index (κ3) is 6.29. The maximum absolute atomic E-state index is 11.8. The van der Waals surface area contributed by atoms with Crippen LogP contribution in [0.2, 0.25) is 0 Å². The highest BCUT2D eigenvalue weighted by Crippen LogP contribution is 2.47. The van der Waals surface area contributed by atoms with Gasteiger partial charge >= 0.3 is 5.97 Å². The zero-order valence-corrected chi connectivity index (χ0v) is 14.8. The maximum Gasteiger partial charge on any atom is 0.306 e. The molecule has 0 saturated carbocycles. The van der Waals surface area contributed by atoms with Crippen LogP contribution in [0.1, 0.15) is 47.0 Å². The van der Waals surface area contributed by atoms with E-state index in [2.05, 4.69) is 0 Å². The highest BCUT2D eigenvalue weighted by Gasteiger charge is 2.44. The summed E-state index contributed by atoms with van der Waals surface area (Å²) in [6.45, 7) is 8.18. The van der Waals surface area contributed by atoms with Gasteiger partial charge in [0.2, 0.25) is 0 Å². The summed E-state index contributed by atoms with van der Waals surface area (Å²) >= 11 is 23.9. The van der Waals surface area contributed by atoms with Crippen LogP contribution < -0.4 is 0 Å². The summed E-state index contributed by atoms with van der Waals surface area (Å²) in [6, 6.07) is 0. The van der Waals surface area contributed by atoms with Crippen molar-refractivity contribution in [1.82, 2.24) is 0 Å². The number of ether oxygens (including phenoxy) is 1. The number of rotatable bonds is 7. The number of esters is 1. The van der Waals surface area contributed by atoms with Crippen LogP contribution in [-0.2, 0) is 9.53 Å². The molecule has 0 aromatic carbocycles. The van der Waals surface area contributed by atoms with Crippen molar-refractivity contribution in [3.05, 3.63) is 0 Å². The van der Waals surface area contributed by atoms with Crippen LogP contribution in [0.3, 0.4) is 0 Å². The van der Waals surface area contributed by atoms with Crippen molar-refractivity contribution < 1.29 is 9.53 Å². The third-order valence-corrected chi connectivity index (χ3v) is 4.67. The lowest BCUT2D eigenvalue weighted by atomic mass is 9.69. The van der Waals surface area contributed by atoms with Gasteiger partial charge in [-0.2, -0.15) is 0 Å². The second-order valence-corrected chi connectivity index (χ2v) is 8.05. The van der Waals surface area contributed by atoms with E-state index in [0.29, 0.717) is 6.61 Å². The van der Waals surface area contributed by atoms with Crippen LogP contribution in [-0.4, -0.2) is 21.7 Å². The van der Waals surface area contributed by atoms with Crippen LogP contribution in [0.5, 0.6) is 0 Å². The van der Waals surface area contributed by atoms with Gasteiger partial charge in [-0.05, 0) is 24.7 Å². The van der Waals surface area contributed by atoms with Crippen molar-refractivity contribution in [3.63, 3.8) is 0 Å². The summed E-state index contributed by atoms with van der Waals surface area (Å²) in [4.78, 5) is 11.8. The van der Waals surface area contributed by atoms with E-state index >= 15 is 0 Å². The van der Waals surface area contributed by atoms with Gasteiger partial charge in [0, 0.05) is 11.8 Å². The minimum atomic E-state index is -1.42. The summed E-state index contributed by atoms with van der Waals surface area (Å²) in [5.41, 5.74) is -0.433. The van der Waals surface area contributed by atoms with Gasteiger partial charge in [-0.3, -0.25) is 4.79 Å². The van der Waals surface area contributed by atoms with Crippen LogP contribution in [0.25, 0.3) is 0 Å². The largest absolute Gasteiger partial charge is 0.466 e. The molecule has 0 amide bonds. The van der Waals surface area contributed by atoms with Crippen molar-refractivity contribution in [3.8, 4) is 0 Å². The van der Waals surface area contributed by atoms with Crippen LogP contribution in [0.4, 0.5) is 0 Å². The second-order valence-electron chi connectivity index (χ2n) is 5.01. The van der Waals surface area contributed by atoms with E-state index < -0.39 is 14.6 Å². The Kier molecular flexibility index (Phi) is 8.44. The Morgan fingerprint density at radius 1 is 1.21 bits per heavy atom. The summed E-state index contributed by atoms with van der Waals surface area (Å²) in [5.74, 6) is -0.0789. The molecule has 0 rings (SSSR count). The molecule has 0 aliphatic carbocycles. The molecule has 2 nitrogen and oxygen atoms in total. The first-order valence-electron chi connectivity index (χ1n) is 6.45. The molecule has 0 spiro atoms. The van der Waals surface area contributed by atoms with Gasteiger partial charge in [0.15, 0.2) is 3.79 Å². The predicted octanol–water partition coefficient (Wildman–Crippen LogP) is 5.36. The van der Waals surface area contributed by atoms with Gasteiger partial charge in [-0.25, -0.2) is 0 Å². The van der Waals surface area contributed by atoms with Gasteiger partial charge in [-0.15, -0.1) is 11.6 Å². The maximum atomic E-state index is 11.8. The van der Waals surface area contributed by atoms with Gasteiger partial charge in [0.25, 0.3) is 0 Å². The van der Waals surface area contributed by atoms with Crippen molar-refractivity contribution in [2.24, 2.45) is 11.3 Å². The Hall–Kier alpha value is 0.630. The molecule has 0 fully saturated rings. The Morgan fingerprint density at radius 2 is 1.74 bits per heavy atom. The highest BCUT2D eigenvalue weighted by molar-refractivity contribution is 6.67. The first-order valence-corrected chi connectivity index (χ1v) is 8.02. The molecule has 0 radical (unpaired) electrons. The molecule has 114 valence electrons. The molecule has 0 aromatic heterocycles. The van der Waals surface area contributed by atoms with Crippen molar-refractivity contribution >= 4 is 52.4 Å². The topological polar surface area (TPSA) is 26.3 Å². The number of hydrogen-bond acceptors (Lipinski definition) is 2. The molecule has 0 heterocycles. The second kappa shape index (κ2) is 8.17. The zero-order valence-electron chi connectivity index (χ0n) is 11.8. The minimum absolute atomic E-state index is 0.178. The van der Waals surface area contributed by atoms with Gasteiger partial charge in [-0.1, -0.05) is 55.6 Å². The summed E-state index contributed by atoms with van der Waals surface area (Å²) < 4.78 is 3.61. The number of hydrogen-bond donors (Lipinski definition) is 0. The summed E-state index contributed by atoms with van der Waals surface area (Å²) in [7, 11) is 0. The average molecular weight is 352 g/mol. The SMILES string of the molecule is CCOC(=O)CC(CC)(C(C)C)C(Cl)CC(Cl)(Cl)Cl. The number of halogens is 4. The standard InChI is InChI=1S/C13H22Cl4O2/c1-5-12(9(3)4,8-11(18)19-6-2)10(14)7-13(15,16)17/h9-10H,5-8H2,1-4H3. The van der Waals surface area contributed by atoms with E-state index in [0.717, 1.165) is 6.42 Å². The Bertz CT molecular complexity index is 289. The monoisotopic (exact) mass is 350 g/mol. The van der Waals surface area contributed by atoms with Crippen molar-refractivity contribution in [2.75, 3.05) is 6.61 Å². The number of carbonyl (C=O) groups is 1. The lowest BCUT2D eigenvalue weighted by Crippen LogP contribution is -2.40. The molecule has 0 aromatic rings. The lowest BCUT2D eigenvalue weighted by molar-refractivity contribution is -0.147. The molecule has 6 heteroatoms. The molecular formula is C13H22Cl4O2. The van der Waals surface area contributed by atoms with Gasteiger partial charge < -0.3 is 4.74 Å². The summed E-state index contributed by atoms with van der Waals surface area (Å²) in [6.07, 6.45) is 1.16. The zero-order chi connectivity index (χ0) is 15.3. The predicted molar refractivity (Wildman–Crippen MR) is 83.4 cm³/mol. The first kappa shape index (κ1) is 19.6. The van der Waals surface area contributed by atoms with E-state index in [1.807, 2.05) is 20.8 Å². The minimum Gasteiger partial charge on any atom is -0.466 e. The Balaban J connectivity index is 5.10.